The van der Waals surface area contributed by atoms with Gasteiger partial charge in [-0.15, -0.1) is 0 Å². The second kappa shape index (κ2) is 15.9. The fourth-order valence-corrected chi connectivity index (χ4v) is 7.00. The van der Waals surface area contributed by atoms with Crippen molar-refractivity contribution in [2.75, 3.05) is 42.9 Å². The number of ether oxygens (including phenoxy) is 2. The number of nitrogens with zero attached hydrogens (tertiary/aromatic N) is 4. The molecule has 1 aromatic heterocycles. The summed E-state index contributed by atoms with van der Waals surface area (Å²) in [6.45, 7) is 4.47. The number of allylic oxidation sites excluding steroid dienone is 2. The first-order valence-corrected chi connectivity index (χ1v) is 18.0. The standard InChI is InChI=1S/C29H32Cl2N4O10S2.Na/c1-5-32-24-15-20(30)18(28(36)44-3)13-22(24)34(11-8-12-46(38,39)40)26(32)9-7-10-27-33(6-2)25-16-21(31)19(29(37)45-4)14-23(25)35(27)17-47(41,42)43;/h7,9-10,13-16H,5-6,8,11-12,17H2,1-4H3,(H-,38,39,40,41,42,43);/q;+1/p-1. The molecule has 2 heterocycles. The Labute approximate surface area is 310 Å². The number of carbonyl (C=O) groups is 2. The fraction of sp³-hybridized carbons (Fsp3) is 0.345. The van der Waals surface area contributed by atoms with Crippen molar-refractivity contribution < 1.29 is 79.1 Å². The normalized spacial score (nSPS) is 14.1. The molecular formula is C29H31Cl2N4NaO10S2. The number of esters is 2. The van der Waals surface area contributed by atoms with Crippen LogP contribution in [0.1, 0.15) is 46.8 Å². The average Bonchev–Trinajstić information content (AvgIpc) is 3.43. The van der Waals surface area contributed by atoms with Gasteiger partial charge in [-0.3, -0.25) is 0 Å². The third-order valence-corrected chi connectivity index (χ3v) is 9.38. The van der Waals surface area contributed by atoms with Gasteiger partial charge in [0.15, 0.2) is 16.9 Å². The van der Waals surface area contributed by atoms with Crippen LogP contribution >= 0.6 is 23.2 Å². The van der Waals surface area contributed by atoms with Crippen molar-refractivity contribution in [2.24, 2.45) is 0 Å². The van der Waals surface area contributed by atoms with Crippen molar-refractivity contribution in [1.29, 1.82) is 0 Å². The first-order chi connectivity index (χ1) is 22.0. The molecule has 0 saturated heterocycles. The minimum atomic E-state index is -4.81. The Morgan fingerprint density at radius 2 is 1.46 bits per heavy atom. The Morgan fingerprint density at radius 1 is 0.875 bits per heavy atom. The molecule has 0 bridgehead atoms. The summed E-state index contributed by atoms with van der Waals surface area (Å²) in [5.41, 5.74) is 1.88. The van der Waals surface area contributed by atoms with Crippen molar-refractivity contribution in [3.8, 4) is 0 Å². The van der Waals surface area contributed by atoms with E-state index in [-0.39, 0.29) is 75.0 Å². The number of methoxy groups -OCH3 is 2. The van der Waals surface area contributed by atoms with E-state index in [9.17, 15) is 35.5 Å². The van der Waals surface area contributed by atoms with Crippen molar-refractivity contribution in [2.45, 2.75) is 32.7 Å². The Bertz CT molecular complexity index is 2030. The van der Waals surface area contributed by atoms with E-state index in [0.29, 0.717) is 35.8 Å². The molecule has 0 saturated carbocycles. The average molecular weight is 754 g/mol. The number of halogens is 2. The number of aryl methyl sites for hydroxylation is 1. The van der Waals surface area contributed by atoms with Crippen LogP contribution in [-0.2, 0) is 42.1 Å². The first-order valence-electron chi connectivity index (χ1n) is 14.1. The van der Waals surface area contributed by atoms with Crippen LogP contribution in [0.25, 0.3) is 17.1 Å². The molecule has 0 radical (unpaired) electrons. The van der Waals surface area contributed by atoms with Crippen molar-refractivity contribution >= 4 is 83.9 Å². The van der Waals surface area contributed by atoms with E-state index in [1.165, 1.54) is 37.0 Å². The molecule has 1 aliphatic rings. The molecule has 0 aliphatic carbocycles. The van der Waals surface area contributed by atoms with E-state index in [1.807, 2.05) is 11.8 Å². The number of rotatable bonds is 12. The van der Waals surface area contributed by atoms with Crippen LogP contribution in [0.3, 0.4) is 0 Å². The molecule has 3 aromatic rings. The molecule has 254 valence electrons. The summed E-state index contributed by atoms with van der Waals surface area (Å²) in [5.74, 6) is -2.19. The van der Waals surface area contributed by atoms with Gasteiger partial charge in [0.1, 0.15) is 15.9 Å². The van der Waals surface area contributed by atoms with Crippen molar-refractivity contribution in [3.05, 3.63) is 69.2 Å². The molecule has 0 amide bonds. The summed E-state index contributed by atoms with van der Waals surface area (Å²) in [5, 5.41) is 0.194. The second-order valence-electron chi connectivity index (χ2n) is 10.2. The number of carbonyl (C=O) groups excluding carboxylic acids is 2. The summed E-state index contributed by atoms with van der Waals surface area (Å²) in [6.07, 6.45) is 4.80. The van der Waals surface area contributed by atoms with Crippen molar-refractivity contribution in [3.63, 3.8) is 0 Å². The molecule has 1 aliphatic heterocycles. The van der Waals surface area contributed by atoms with Crippen LogP contribution in [0, 0.1) is 0 Å². The topological polar surface area (TPSA) is 182 Å². The van der Waals surface area contributed by atoms with Crippen LogP contribution in [0.2, 0.25) is 10.0 Å². The Balaban J connectivity index is 0.00000625. The Morgan fingerprint density at radius 3 is 2.00 bits per heavy atom. The third-order valence-electron chi connectivity index (χ3n) is 7.39. The molecule has 4 rings (SSSR count). The maximum atomic E-state index is 12.4. The van der Waals surface area contributed by atoms with Gasteiger partial charge in [-0.25, -0.2) is 35.6 Å². The van der Waals surface area contributed by atoms with Gasteiger partial charge in [0, 0.05) is 37.1 Å². The summed E-state index contributed by atoms with van der Waals surface area (Å²) in [6, 6.07) is 5.95. The molecule has 2 aromatic carbocycles. The molecule has 0 unspecified atom stereocenters. The SMILES string of the molecule is CCN1C(=CC=Cc2n(CC)c3cc(Cl)c(C(=O)OC)cc3[n+]2CS(=O)(=O)[O-])N(CCCS(=O)(=O)[O-])c2cc(C(=O)OC)c(Cl)cc21.[Na+]. The van der Waals surface area contributed by atoms with Gasteiger partial charge in [0.2, 0.25) is 0 Å². The van der Waals surface area contributed by atoms with Crippen LogP contribution in [0.4, 0.5) is 11.4 Å². The number of imidazole rings is 1. The number of benzene rings is 2. The summed E-state index contributed by atoms with van der Waals surface area (Å²) in [4.78, 5) is 28.3. The van der Waals surface area contributed by atoms with Crippen molar-refractivity contribution in [1.82, 2.24) is 4.57 Å². The molecule has 0 atom stereocenters. The second-order valence-corrected chi connectivity index (χ2v) is 13.9. The number of fused-ring (bicyclic) bond motifs is 2. The van der Waals surface area contributed by atoms with E-state index < -0.39 is 43.8 Å². The van der Waals surface area contributed by atoms with Crippen LogP contribution in [-0.4, -0.2) is 75.5 Å². The fourth-order valence-electron chi connectivity index (χ4n) is 5.46. The van der Waals surface area contributed by atoms with Crippen LogP contribution in [0.5, 0.6) is 0 Å². The number of hydrogen-bond acceptors (Lipinski definition) is 12. The number of aromatic nitrogens is 2. The maximum Gasteiger partial charge on any atom is 1.00 e. The van der Waals surface area contributed by atoms with Crippen LogP contribution in [0.15, 0.2) is 42.2 Å². The zero-order valence-corrected chi connectivity index (χ0v) is 31.9. The van der Waals surface area contributed by atoms with Gasteiger partial charge in [-0.1, -0.05) is 29.3 Å². The largest absolute Gasteiger partial charge is 1.00 e. The molecule has 0 spiro atoms. The molecule has 14 nitrogen and oxygen atoms in total. The van der Waals surface area contributed by atoms with E-state index in [0.717, 1.165) is 0 Å². The maximum absolute atomic E-state index is 12.4. The molecule has 0 fully saturated rings. The molecular weight excluding hydrogens is 722 g/mol. The van der Waals surface area contributed by atoms with Gasteiger partial charge in [0.25, 0.3) is 5.82 Å². The monoisotopic (exact) mass is 752 g/mol. The van der Waals surface area contributed by atoms with Gasteiger partial charge in [-0.2, -0.15) is 0 Å². The van der Waals surface area contributed by atoms with E-state index in [4.69, 9.17) is 32.7 Å². The molecule has 0 N–H and O–H groups in total. The van der Waals surface area contributed by atoms with Gasteiger partial charge in [0.05, 0.1) is 63.4 Å². The van der Waals surface area contributed by atoms with Gasteiger partial charge in [-0.05, 0) is 38.5 Å². The van der Waals surface area contributed by atoms with Crippen LogP contribution < -0.4 is 43.9 Å². The minimum Gasteiger partial charge on any atom is -0.748 e. The Hall–Kier alpha value is -2.67. The summed E-state index contributed by atoms with van der Waals surface area (Å²) >= 11 is 12.8. The van der Waals surface area contributed by atoms with E-state index in [2.05, 4.69) is 0 Å². The Kier molecular flexibility index (Phi) is 13.2. The smallest absolute Gasteiger partial charge is 0.748 e. The number of anilines is 2. The first kappa shape index (κ1) is 39.8. The molecule has 19 heteroatoms. The minimum absolute atomic E-state index is 0. The predicted octanol–water partition coefficient (Wildman–Crippen LogP) is 0.472. The van der Waals surface area contributed by atoms with E-state index >= 15 is 0 Å². The number of hydrogen-bond donors (Lipinski definition) is 0. The van der Waals surface area contributed by atoms with Gasteiger partial charge < -0.3 is 28.4 Å². The quantitative estimate of drug-likeness (QED) is 0.108. The zero-order valence-electron chi connectivity index (χ0n) is 26.7. The molecule has 48 heavy (non-hydrogen) atoms. The zero-order chi connectivity index (χ0) is 34.8. The third kappa shape index (κ3) is 8.54. The van der Waals surface area contributed by atoms with Gasteiger partial charge >= 0.3 is 41.5 Å². The summed E-state index contributed by atoms with van der Waals surface area (Å²) < 4.78 is 82.8. The summed E-state index contributed by atoms with van der Waals surface area (Å²) in [7, 11) is -6.94. The van der Waals surface area contributed by atoms with E-state index in [1.54, 1.807) is 40.7 Å². The predicted molar refractivity (Wildman–Crippen MR) is 173 cm³/mol.